The standard InChI is InChI=1S/C15H22N4/c16-9-11-18(13-5-2-1-3-6-13)15-8-4-7-14-17-10-12-19(14)15/h4,7-8,10,12-13H,1-3,5-6,9,11,16H2. The van der Waals surface area contributed by atoms with Crippen LogP contribution in [0.4, 0.5) is 5.82 Å². The lowest BCUT2D eigenvalue weighted by Crippen LogP contribution is -2.41. The molecule has 0 saturated heterocycles. The van der Waals surface area contributed by atoms with Gasteiger partial charge < -0.3 is 10.6 Å². The molecular weight excluding hydrogens is 236 g/mol. The smallest absolute Gasteiger partial charge is 0.138 e. The Morgan fingerprint density at radius 3 is 2.89 bits per heavy atom. The molecule has 0 spiro atoms. The molecule has 4 heteroatoms. The first kappa shape index (κ1) is 12.5. The van der Waals surface area contributed by atoms with Crippen molar-refractivity contribution in [3.05, 3.63) is 30.6 Å². The summed E-state index contributed by atoms with van der Waals surface area (Å²) >= 11 is 0. The molecule has 0 unspecified atom stereocenters. The second kappa shape index (κ2) is 5.61. The number of fused-ring (bicyclic) bond motifs is 1. The summed E-state index contributed by atoms with van der Waals surface area (Å²) in [5.41, 5.74) is 6.84. The number of hydrogen-bond donors (Lipinski definition) is 1. The Hall–Kier alpha value is -1.55. The molecule has 1 aliphatic rings. The topological polar surface area (TPSA) is 46.6 Å². The molecular formula is C15H22N4. The number of rotatable bonds is 4. The van der Waals surface area contributed by atoms with Crippen LogP contribution in [0.1, 0.15) is 32.1 Å². The third-order valence-electron chi connectivity index (χ3n) is 4.09. The maximum Gasteiger partial charge on any atom is 0.138 e. The maximum atomic E-state index is 5.83. The average molecular weight is 258 g/mol. The highest BCUT2D eigenvalue weighted by molar-refractivity contribution is 5.52. The van der Waals surface area contributed by atoms with Crippen LogP contribution in [0.25, 0.3) is 5.65 Å². The molecule has 0 bridgehead atoms. The summed E-state index contributed by atoms with van der Waals surface area (Å²) in [6.45, 7) is 1.61. The number of nitrogens with two attached hydrogens (primary N) is 1. The molecule has 2 aromatic heterocycles. The summed E-state index contributed by atoms with van der Waals surface area (Å²) < 4.78 is 2.17. The summed E-state index contributed by atoms with van der Waals surface area (Å²) in [5.74, 6) is 1.23. The fourth-order valence-electron chi connectivity index (χ4n) is 3.18. The third kappa shape index (κ3) is 2.45. The van der Waals surface area contributed by atoms with E-state index in [0.29, 0.717) is 12.6 Å². The summed E-state index contributed by atoms with van der Waals surface area (Å²) in [5, 5.41) is 0. The van der Waals surface area contributed by atoms with Gasteiger partial charge in [-0.15, -0.1) is 0 Å². The number of hydrogen-bond acceptors (Lipinski definition) is 3. The zero-order chi connectivity index (χ0) is 13.1. The van der Waals surface area contributed by atoms with Gasteiger partial charge in [-0.1, -0.05) is 25.3 Å². The van der Waals surface area contributed by atoms with Crippen molar-refractivity contribution < 1.29 is 0 Å². The molecule has 2 N–H and O–H groups in total. The average Bonchev–Trinajstić information content (AvgIpc) is 2.94. The van der Waals surface area contributed by atoms with Crippen molar-refractivity contribution in [2.24, 2.45) is 5.73 Å². The Morgan fingerprint density at radius 2 is 2.11 bits per heavy atom. The predicted molar refractivity (Wildman–Crippen MR) is 78.5 cm³/mol. The first-order valence-electron chi connectivity index (χ1n) is 7.29. The van der Waals surface area contributed by atoms with Crippen LogP contribution >= 0.6 is 0 Å². The molecule has 0 aromatic carbocycles. The van der Waals surface area contributed by atoms with Crippen LogP contribution in [0.3, 0.4) is 0 Å². The molecule has 0 atom stereocenters. The van der Waals surface area contributed by atoms with Gasteiger partial charge >= 0.3 is 0 Å². The minimum Gasteiger partial charge on any atom is -0.353 e. The van der Waals surface area contributed by atoms with E-state index in [9.17, 15) is 0 Å². The Morgan fingerprint density at radius 1 is 1.26 bits per heavy atom. The van der Waals surface area contributed by atoms with Crippen LogP contribution in [0.5, 0.6) is 0 Å². The van der Waals surface area contributed by atoms with Gasteiger partial charge in [-0.2, -0.15) is 0 Å². The molecule has 1 aliphatic carbocycles. The van der Waals surface area contributed by atoms with E-state index in [1.54, 1.807) is 0 Å². The van der Waals surface area contributed by atoms with Crippen LogP contribution in [-0.2, 0) is 0 Å². The first-order chi connectivity index (χ1) is 9.40. The van der Waals surface area contributed by atoms with E-state index in [1.165, 1.54) is 37.9 Å². The summed E-state index contributed by atoms with van der Waals surface area (Å²) in [4.78, 5) is 6.85. The zero-order valence-corrected chi connectivity index (χ0v) is 11.3. The van der Waals surface area contributed by atoms with Gasteiger partial charge in [0, 0.05) is 31.5 Å². The lowest BCUT2D eigenvalue weighted by molar-refractivity contribution is 0.413. The number of aromatic nitrogens is 2. The van der Waals surface area contributed by atoms with Crippen molar-refractivity contribution in [2.45, 2.75) is 38.1 Å². The number of nitrogens with zero attached hydrogens (tertiary/aromatic N) is 3. The minimum absolute atomic E-state index is 0.630. The quantitative estimate of drug-likeness (QED) is 0.916. The lowest BCUT2D eigenvalue weighted by atomic mass is 9.94. The van der Waals surface area contributed by atoms with Crippen LogP contribution in [0.15, 0.2) is 30.6 Å². The second-order valence-corrected chi connectivity index (χ2v) is 5.31. The van der Waals surface area contributed by atoms with E-state index < -0.39 is 0 Å². The normalized spacial score (nSPS) is 16.9. The van der Waals surface area contributed by atoms with E-state index in [4.69, 9.17) is 5.73 Å². The molecule has 1 saturated carbocycles. The summed E-state index contributed by atoms with van der Waals surface area (Å²) in [6.07, 6.45) is 10.5. The van der Waals surface area contributed by atoms with E-state index in [0.717, 1.165) is 12.2 Å². The van der Waals surface area contributed by atoms with Crippen molar-refractivity contribution in [3.8, 4) is 0 Å². The molecule has 3 rings (SSSR count). The Balaban J connectivity index is 1.96. The molecule has 2 heterocycles. The fourth-order valence-corrected chi connectivity index (χ4v) is 3.18. The Kier molecular flexibility index (Phi) is 3.69. The highest BCUT2D eigenvalue weighted by Gasteiger charge is 2.22. The maximum absolute atomic E-state index is 5.83. The first-order valence-corrected chi connectivity index (χ1v) is 7.29. The number of imidazole rings is 1. The summed E-state index contributed by atoms with van der Waals surface area (Å²) in [6, 6.07) is 6.94. The Labute approximate surface area is 114 Å². The van der Waals surface area contributed by atoms with Crippen LogP contribution in [0, 0.1) is 0 Å². The van der Waals surface area contributed by atoms with Gasteiger partial charge in [0.05, 0.1) is 0 Å². The molecule has 19 heavy (non-hydrogen) atoms. The number of anilines is 1. The van der Waals surface area contributed by atoms with Crippen molar-refractivity contribution >= 4 is 11.5 Å². The molecule has 0 amide bonds. The van der Waals surface area contributed by atoms with Gasteiger partial charge in [-0.05, 0) is 25.0 Å². The second-order valence-electron chi connectivity index (χ2n) is 5.31. The van der Waals surface area contributed by atoms with E-state index in [-0.39, 0.29) is 0 Å². The van der Waals surface area contributed by atoms with Crippen LogP contribution < -0.4 is 10.6 Å². The van der Waals surface area contributed by atoms with Crippen LogP contribution in [-0.4, -0.2) is 28.5 Å². The third-order valence-corrected chi connectivity index (χ3v) is 4.09. The van der Waals surface area contributed by atoms with Crippen molar-refractivity contribution in [1.29, 1.82) is 0 Å². The SMILES string of the molecule is NCCN(c1cccc2nccn12)C1CCCCC1. The predicted octanol–water partition coefficient (Wildman–Crippen LogP) is 2.43. The molecule has 4 nitrogen and oxygen atoms in total. The van der Waals surface area contributed by atoms with Gasteiger partial charge in [0.25, 0.3) is 0 Å². The monoisotopic (exact) mass is 258 g/mol. The molecule has 0 radical (unpaired) electrons. The van der Waals surface area contributed by atoms with E-state index in [1.807, 2.05) is 18.5 Å². The minimum atomic E-state index is 0.630. The Bertz CT molecular complexity index is 528. The van der Waals surface area contributed by atoms with Gasteiger partial charge in [-0.3, -0.25) is 4.40 Å². The van der Waals surface area contributed by atoms with Crippen molar-refractivity contribution in [3.63, 3.8) is 0 Å². The van der Waals surface area contributed by atoms with Crippen LogP contribution in [0.2, 0.25) is 0 Å². The fraction of sp³-hybridized carbons (Fsp3) is 0.533. The van der Waals surface area contributed by atoms with E-state index >= 15 is 0 Å². The lowest BCUT2D eigenvalue weighted by Gasteiger charge is -2.36. The van der Waals surface area contributed by atoms with Gasteiger partial charge in [0.2, 0.25) is 0 Å². The van der Waals surface area contributed by atoms with Gasteiger partial charge in [0.15, 0.2) is 0 Å². The largest absolute Gasteiger partial charge is 0.353 e. The molecule has 102 valence electrons. The molecule has 2 aromatic rings. The zero-order valence-electron chi connectivity index (χ0n) is 11.3. The molecule has 1 fully saturated rings. The molecule has 0 aliphatic heterocycles. The van der Waals surface area contributed by atoms with Crippen molar-refractivity contribution in [1.82, 2.24) is 9.38 Å². The summed E-state index contributed by atoms with van der Waals surface area (Å²) in [7, 11) is 0. The van der Waals surface area contributed by atoms with Gasteiger partial charge in [0.1, 0.15) is 11.5 Å². The van der Waals surface area contributed by atoms with Gasteiger partial charge in [-0.25, -0.2) is 4.98 Å². The van der Waals surface area contributed by atoms with Crippen molar-refractivity contribution in [2.75, 3.05) is 18.0 Å². The van der Waals surface area contributed by atoms with E-state index in [2.05, 4.69) is 26.4 Å². The highest BCUT2D eigenvalue weighted by atomic mass is 15.3. The number of pyridine rings is 1. The highest BCUT2D eigenvalue weighted by Crippen LogP contribution is 2.27.